The molecule has 4 aromatic rings. The van der Waals surface area contributed by atoms with Crippen molar-refractivity contribution in [3.63, 3.8) is 0 Å². The second-order valence-corrected chi connectivity index (χ2v) is 13.0. The standard InChI is InChI=1S/C37H29ClN2O6/c1-18(34(41)20-8-12-22(45-2)13-9-20)46-37(44)28-17-30(39-33-25(28)4-3-5-29(33)38)19-6-10-21(11-7-19)40-35(42)31-23-14-15-24(27-16-26(23)27)32(31)36(40)43/h3-15,17-18,23-24,26-27,31-32H,16H2,1-2H3. The first kappa shape index (κ1) is 28.6. The molecule has 9 rings (SSSR count). The van der Waals surface area contributed by atoms with Crippen molar-refractivity contribution in [2.24, 2.45) is 35.5 Å². The van der Waals surface area contributed by atoms with Crippen LogP contribution < -0.4 is 9.64 Å². The lowest BCUT2D eigenvalue weighted by Gasteiger charge is -2.37. The Morgan fingerprint density at radius 3 is 2.20 bits per heavy atom. The molecule has 0 spiro atoms. The fourth-order valence-electron chi connectivity index (χ4n) is 7.79. The number of pyridine rings is 1. The Hall–Kier alpha value is -4.82. The van der Waals surface area contributed by atoms with Gasteiger partial charge in [0.2, 0.25) is 17.6 Å². The average Bonchev–Trinajstić information content (AvgIpc) is 3.86. The molecule has 9 heteroatoms. The molecule has 7 unspecified atom stereocenters. The molecular weight excluding hydrogens is 604 g/mol. The Morgan fingerprint density at radius 2 is 1.57 bits per heavy atom. The lowest BCUT2D eigenvalue weighted by atomic mass is 9.63. The van der Waals surface area contributed by atoms with Gasteiger partial charge in [0.05, 0.1) is 46.4 Å². The molecular formula is C37H29ClN2O6. The van der Waals surface area contributed by atoms with Gasteiger partial charge in [-0.2, -0.15) is 0 Å². The summed E-state index contributed by atoms with van der Waals surface area (Å²) in [4.78, 5) is 59.9. The maximum absolute atomic E-state index is 13.6. The van der Waals surface area contributed by atoms with Gasteiger partial charge in [0, 0.05) is 16.5 Å². The number of anilines is 1. The van der Waals surface area contributed by atoms with Gasteiger partial charge in [-0.25, -0.2) is 9.78 Å². The molecule has 8 nitrogen and oxygen atoms in total. The summed E-state index contributed by atoms with van der Waals surface area (Å²) in [7, 11) is 1.54. The van der Waals surface area contributed by atoms with E-state index in [4.69, 9.17) is 26.1 Å². The number of carbonyl (C=O) groups excluding carboxylic acids is 4. The Balaban J connectivity index is 1.08. The zero-order valence-corrected chi connectivity index (χ0v) is 25.8. The number of benzene rings is 3. The van der Waals surface area contributed by atoms with Crippen LogP contribution in [0.4, 0.5) is 5.69 Å². The summed E-state index contributed by atoms with van der Waals surface area (Å²) in [5.41, 5.74) is 2.62. The third kappa shape index (κ3) is 4.38. The number of hydrogen-bond donors (Lipinski definition) is 0. The van der Waals surface area contributed by atoms with E-state index in [2.05, 4.69) is 12.2 Å². The maximum atomic E-state index is 13.6. The fourth-order valence-corrected chi connectivity index (χ4v) is 8.01. The van der Waals surface area contributed by atoms with Crippen molar-refractivity contribution < 1.29 is 28.7 Å². The predicted molar refractivity (Wildman–Crippen MR) is 172 cm³/mol. The topological polar surface area (TPSA) is 103 Å². The van der Waals surface area contributed by atoms with Crippen LogP contribution in [0.2, 0.25) is 5.02 Å². The molecule has 1 aliphatic heterocycles. The number of methoxy groups -OCH3 is 1. The smallest absolute Gasteiger partial charge is 0.339 e. The predicted octanol–water partition coefficient (Wildman–Crippen LogP) is 6.55. The molecule has 0 N–H and O–H groups in total. The maximum Gasteiger partial charge on any atom is 0.339 e. The number of ketones is 1. The lowest BCUT2D eigenvalue weighted by molar-refractivity contribution is -0.124. The van der Waals surface area contributed by atoms with E-state index in [1.807, 2.05) is 0 Å². The van der Waals surface area contributed by atoms with Crippen molar-refractivity contribution in [1.29, 1.82) is 0 Å². The SMILES string of the molecule is COc1ccc(C(=O)C(C)OC(=O)c2cc(-c3ccc(N4C(=O)C5C6C=CC(C7CC67)C5C4=O)cc3)nc3c(Cl)cccc23)cc1. The summed E-state index contributed by atoms with van der Waals surface area (Å²) in [6.45, 7) is 1.53. The van der Waals surface area contributed by atoms with E-state index < -0.39 is 12.1 Å². The van der Waals surface area contributed by atoms with Crippen LogP contribution in [-0.2, 0) is 14.3 Å². The summed E-state index contributed by atoms with van der Waals surface area (Å²) in [5, 5.41) is 0.837. The zero-order valence-electron chi connectivity index (χ0n) is 25.1. The number of carbonyl (C=O) groups is 4. The minimum atomic E-state index is -1.05. The molecule has 4 aliphatic carbocycles. The number of nitrogens with zero attached hydrogens (tertiary/aromatic N) is 2. The highest BCUT2D eigenvalue weighted by Gasteiger charge is 2.67. The van der Waals surface area contributed by atoms with Crippen LogP contribution in [0, 0.1) is 35.5 Å². The molecule has 46 heavy (non-hydrogen) atoms. The number of hydrogen-bond acceptors (Lipinski definition) is 7. The van der Waals surface area contributed by atoms with Gasteiger partial charge < -0.3 is 9.47 Å². The molecule has 2 amide bonds. The van der Waals surface area contributed by atoms with Gasteiger partial charge in [-0.3, -0.25) is 19.3 Å². The Morgan fingerprint density at radius 1 is 0.913 bits per heavy atom. The van der Waals surface area contributed by atoms with Crippen LogP contribution in [-0.4, -0.2) is 41.8 Å². The number of allylic oxidation sites excluding steroid dienone is 2. The molecule has 2 saturated carbocycles. The largest absolute Gasteiger partial charge is 0.497 e. The molecule has 2 heterocycles. The van der Waals surface area contributed by atoms with E-state index in [9.17, 15) is 19.2 Å². The van der Waals surface area contributed by atoms with Crippen LogP contribution in [0.5, 0.6) is 5.75 Å². The summed E-state index contributed by atoms with van der Waals surface area (Å²) >= 11 is 6.53. The molecule has 230 valence electrons. The number of halogens is 1. The molecule has 0 radical (unpaired) electrons. The van der Waals surface area contributed by atoms with E-state index in [0.717, 1.165) is 6.42 Å². The van der Waals surface area contributed by atoms with Gasteiger partial charge in [0.1, 0.15) is 5.75 Å². The van der Waals surface area contributed by atoms with Crippen molar-refractivity contribution in [3.8, 4) is 17.0 Å². The fraction of sp³-hybridized carbons (Fsp3) is 0.270. The summed E-state index contributed by atoms with van der Waals surface area (Å²) < 4.78 is 10.8. The third-order valence-corrected chi connectivity index (χ3v) is 10.4. The highest BCUT2D eigenvalue weighted by atomic mass is 35.5. The first-order valence-electron chi connectivity index (χ1n) is 15.4. The number of para-hydroxylation sites is 1. The number of amides is 2. The van der Waals surface area contributed by atoms with Gasteiger partial charge in [-0.05, 0) is 85.5 Å². The van der Waals surface area contributed by atoms with Gasteiger partial charge in [0.15, 0.2) is 6.10 Å². The highest BCUT2D eigenvalue weighted by molar-refractivity contribution is 6.35. The summed E-state index contributed by atoms with van der Waals surface area (Å²) in [6, 6.07) is 20.4. The van der Waals surface area contributed by atoms with E-state index in [1.54, 1.807) is 72.8 Å². The number of ether oxygens (including phenoxy) is 2. The van der Waals surface area contributed by atoms with Crippen LogP contribution in [0.25, 0.3) is 22.2 Å². The monoisotopic (exact) mass is 632 g/mol. The zero-order chi connectivity index (χ0) is 31.9. The number of esters is 1. The Kier molecular flexibility index (Phi) is 6.62. The van der Waals surface area contributed by atoms with Gasteiger partial charge >= 0.3 is 5.97 Å². The molecule has 1 saturated heterocycles. The Bertz CT molecular complexity index is 1950. The highest BCUT2D eigenvalue weighted by Crippen LogP contribution is 2.65. The lowest BCUT2D eigenvalue weighted by Crippen LogP contribution is -2.40. The van der Waals surface area contributed by atoms with E-state index in [0.29, 0.717) is 56.0 Å². The normalized spacial score (nSPS) is 26.1. The summed E-state index contributed by atoms with van der Waals surface area (Å²) in [6.07, 6.45) is 4.38. The van der Waals surface area contributed by atoms with Crippen LogP contribution >= 0.6 is 11.6 Å². The van der Waals surface area contributed by atoms with Crippen LogP contribution in [0.1, 0.15) is 34.1 Å². The number of rotatable bonds is 7. The minimum Gasteiger partial charge on any atom is -0.497 e. The molecule has 3 aromatic carbocycles. The second kappa shape index (κ2) is 10.6. The molecule has 7 atom stereocenters. The first-order chi connectivity index (χ1) is 22.2. The molecule has 1 aromatic heterocycles. The van der Waals surface area contributed by atoms with Crippen molar-refractivity contribution in [3.05, 3.63) is 101 Å². The molecule has 2 bridgehead atoms. The minimum absolute atomic E-state index is 0.119. The van der Waals surface area contributed by atoms with E-state index >= 15 is 0 Å². The molecule has 3 fully saturated rings. The van der Waals surface area contributed by atoms with Crippen LogP contribution in [0.3, 0.4) is 0 Å². The summed E-state index contributed by atoms with van der Waals surface area (Å²) in [5.74, 6) is 0.145. The second-order valence-electron chi connectivity index (χ2n) is 12.5. The van der Waals surface area contributed by atoms with Gasteiger partial charge in [-0.1, -0.05) is 48.0 Å². The Labute approximate surface area is 270 Å². The van der Waals surface area contributed by atoms with Gasteiger partial charge in [-0.15, -0.1) is 0 Å². The number of aromatic nitrogens is 1. The molecule has 5 aliphatic rings. The van der Waals surface area contributed by atoms with Gasteiger partial charge in [0.25, 0.3) is 0 Å². The number of Topliss-reactive ketones (excluding diaryl/α,β-unsaturated/α-hetero) is 1. The quantitative estimate of drug-likeness (QED) is 0.0985. The van der Waals surface area contributed by atoms with Crippen molar-refractivity contribution in [1.82, 2.24) is 4.98 Å². The van der Waals surface area contributed by atoms with Crippen LogP contribution in [0.15, 0.2) is 84.9 Å². The number of fused-ring (bicyclic) bond motifs is 1. The van der Waals surface area contributed by atoms with E-state index in [-0.39, 0.29) is 46.8 Å². The average molecular weight is 633 g/mol. The van der Waals surface area contributed by atoms with Crippen molar-refractivity contribution in [2.45, 2.75) is 19.4 Å². The van der Waals surface area contributed by atoms with Crippen molar-refractivity contribution in [2.75, 3.05) is 12.0 Å². The third-order valence-electron chi connectivity index (χ3n) is 10.1. The van der Waals surface area contributed by atoms with Crippen molar-refractivity contribution >= 4 is 51.8 Å². The first-order valence-corrected chi connectivity index (χ1v) is 15.8. The van der Waals surface area contributed by atoms with E-state index in [1.165, 1.54) is 18.9 Å². The number of imide groups is 1.